The van der Waals surface area contributed by atoms with Crippen LogP contribution in [-0.2, 0) is 20.8 Å². The number of rotatable bonds is 0. The minimum atomic E-state index is -5.17. The van der Waals surface area contributed by atoms with Crippen LogP contribution in [0, 0.1) is 0 Å². The Hall–Kier alpha value is 0.459. The molecule has 0 atom stereocenters. The van der Waals surface area contributed by atoms with Crippen molar-refractivity contribution in [3.8, 4) is 0 Å². The third-order valence-corrected chi connectivity index (χ3v) is 0. The van der Waals surface area contributed by atoms with Gasteiger partial charge in [-0.1, -0.05) is 0 Å². The first kappa shape index (κ1) is 29.2. The van der Waals surface area contributed by atoms with Crippen LogP contribution in [0.2, 0.25) is 0 Å². The summed E-state index contributed by atoms with van der Waals surface area (Å²) in [7, 11) is -10.3. The van der Waals surface area contributed by atoms with E-state index in [0.717, 1.165) is 0 Å². The molecule has 0 saturated heterocycles. The van der Waals surface area contributed by atoms with Crippen LogP contribution in [0.5, 0.6) is 0 Å². The van der Waals surface area contributed by atoms with Crippen LogP contribution in [0.25, 0.3) is 0 Å². The van der Waals surface area contributed by atoms with Crippen LogP contribution in [-0.4, -0.2) is 69.9 Å². The monoisotopic (exact) mass is 348 g/mol. The van der Waals surface area contributed by atoms with Gasteiger partial charge in [-0.3, -0.25) is 16.8 Å². The summed E-state index contributed by atoms with van der Waals surface area (Å²) >= 11 is 0. The van der Waals surface area contributed by atoms with Crippen LogP contribution in [0.1, 0.15) is 0 Å². The molecule has 0 unspecified atom stereocenters. The van der Waals surface area contributed by atoms with Gasteiger partial charge in [0, 0.05) is 20.8 Å². The van der Waals surface area contributed by atoms with Crippen molar-refractivity contribution in [1.29, 1.82) is 0 Å². The smallest absolute Gasteiger partial charge is 0.759 e. The molecule has 0 radical (unpaired) electrons. The second kappa shape index (κ2) is 10.5. The zero-order valence-electron chi connectivity index (χ0n) is 5.58. The van der Waals surface area contributed by atoms with E-state index in [1.54, 1.807) is 0 Å². The summed E-state index contributed by atoms with van der Waals surface area (Å²) in [5, 5.41) is 0. The molecule has 0 bridgehead atoms. The molecule has 80 valence electrons. The van der Waals surface area contributed by atoms with Crippen molar-refractivity contribution < 1.29 is 46.0 Å². The quantitative estimate of drug-likeness (QED) is 0.234. The molecule has 0 fully saturated rings. The Kier molecular flexibility index (Phi) is 23.7. The fourth-order valence-corrected chi connectivity index (χ4v) is 0. The molecule has 0 aromatic carbocycles. The zero-order valence-corrected chi connectivity index (χ0v) is 10.1. The SMILES string of the molecule is O.O.O=S(=O)([O-])[O-].O=S(=O)([O-])[O-].[Sn+4]. The Morgan fingerprint density at radius 3 is 0.615 bits per heavy atom. The van der Waals surface area contributed by atoms with Crippen molar-refractivity contribution in [2.45, 2.75) is 0 Å². The predicted octanol–water partition coefficient (Wildman–Crippen LogP) is -4.71. The van der Waals surface area contributed by atoms with Gasteiger partial charge in [0.1, 0.15) is 0 Å². The van der Waals surface area contributed by atoms with Gasteiger partial charge in [-0.15, -0.1) is 0 Å². The molecule has 0 spiro atoms. The van der Waals surface area contributed by atoms with Gasteiger partial charge in [-0.05, 0) is 0 Å². The number of hydrogen-bond acceptors (Lipinski definition) is 8. The van der Waals surface area contributed by atoms with Crippen LogP contribution in [0.4, 0.5) is 0 Å². The van der Waals surface area contributed by atoms with Gasteiger partial charge in [0.05, 0.1) is 0 Å². The summed E-state index contributed by atoms with van der Waals surface area (Å²) in [6.45, 7) is 0. The van der Waals surface area contributed by atoms with Crippen LogP contribution < -0.4 is 0 Å². The molecule has 0 aromatic heterocycles. The fourth-order valence-electron chi connectivity index (χ4n) is 0. The van der Waals surface area contributed by atoms with Crippen molar-refractivity contribution >= 4 is 44.7 Å². The minimum absolute atomic E-state index is 0. The summed E-state index contributed by atoms with van der Waals surface area (Å²) in [6.07, 6.45) is 0. The summed E-state index contributed by atoms with van der Waals surface area (Å²) < 4.78 is 68.2. The Balaban J connectivity index is -0.0000000267. The number of hydrogen-bond donors (Lipinski definition) is 0. The zero-order chi connectivity index (χ0) is 9.00. The van der Waals surface area contributed by atoms with Crippen molar-refractivity contribution in [2.75, 3.05) is 0 Å². The van der Waals surface area contributed by atoms with E-state index in [9.17, 15) is 0 Å². The van der Waals surface area contributed by atoms with Crippen molar-refractivity contribution in [1.82, 2.24) is 0 Å². The first-order valence-corrected chi connectivity index (χ1v) is 4.00. The van der Waals surface area contributed by atoms with Crippen LogP contribution in [0.3, 0.4) is 0 Å². The third kappa shape index (κ3) is 6480. The summed E-state index contributed by atoms with van der Waals surface area (Å²) in [5.41, 5.74) is 0. The molecule has 4 N–H and O–H groups in total. The van der Waals surface area contributed by atoms with Gasteiger partial charge in [-0.25, -0.2) is 0 Å². The van der Waals surface area contributed by atoms with E-state index in [-0.39, 0.29) is 34.9 Å². The topological polar surface area (TPSA) is 224 Å². The molecular weight excluding hydrogens is 343 g/mol. The first-order chi connectivity index (χ1) is 4.00. The summed E-state index contributed by atoms with van der Waals surface area (Å²) in [5.74, 6) is 0. The Morgan fingerprint density at radius 1 is 0.615 bits per heavy atom. The van der Waals surface area contributed by atoms with Crippen molar-refractivity contribution in [2.24, 2.45) is 0 Å². The molecular formula is H4O10S2Sn. The van der Waals surface area contributed by atoms with Gasteiger partial charge in [0.2, 0.25) is 0 Å². The first-order valence-electron chi connectivity index (χ1n) is 1.33. The predicted molar refractivity (Wildman–Crippen MR) is 33.9 cm³/mol. The summed E-state index contributed by atoms with van der Waals surface area (Å²) in [4.78, 5) is 0. The molecule has 0 aliphatic heterocycles. The van der Waals surface area contributed by atoms with E-state index < -0.39 is 20.8 Å². The van der Waals surface area contributed by atoms with E-state index >= 15 is 0 Å². The maximum Gasteiger partial charge on any atom is 4.00 e. The molecule has 0 aliphatic rings. The molecule has 13 heavy (non-hydrogen) atoms. The van der Waals surface area contributed by atoms with Crippen molar-refractivity contribution in [3.63, 3.8) is 0 Å². The average molecular weight is 347 g/mol. The van der Waals surface area contributed by atoms with E-state index in [1.165, 1.54) is 0 Å². The third-order valence-electron chi connectivity index (χ3n) is 0. The molecule has 0 heterocycles. The second-order valence-corrected chi connectivity index (χ2v) is 2.45. The Morgan fingerprint density at radius 2 is 0.615 bits per heavy atom. The molecule has 0 amide bonds. The van der Waals surface area contributed by atoms with Gasteiger partial charge in [-0.2, -0.15) is 0 Å². The largest absolute Gasteiger partial charge is 4.00 e. The van der Waals surface area contributed by atoms with Gasteiger partial charge in [0.25, 0.3) is 0 Å². The van der Waals surface area contributed by atoms with Crippen molar-refractivity contribution in [3.05, 3.63) is 0 Å². The Bertz CT molecular complexity index is 209. The fraction of sp³-hybridized carbons (Fsp3) is 0. The second-order valence-electron chi connectivity index (χ2n) is 0.816. The van der Waals surface area contributed by atoms with Crippen LogP contribution >= 0.6 is 0 Å². The van der Waals surface area contributed by atoms with E-state index in [1.807, 2.05) is 0 Å². The normalized spacial score (nSPS) is 8.92. The molecule has 13 heteroatoms. The van der Waals surface area contributed by atoms with Gasteiger partial charge >= 0.3 is 23.9 Å². The molecule has 0 rings (SSSR count). The van der Waals surface area contributed by atoms with Gasteiger partial charge < -0.3 is 29.2 Å². The Labute approximate surface area is 90.7 Å². The standard InChI is InChI=1S/2H2O4S.2H2O.Sn/c2*1-5(2,3)4;;;/h2*(H2,1,2,3,4);2*1H2;/q;;;;+4/p-4. The van der Waals surface area contributed by atoms with Gasteiger partial charge in [0.15, 0.2) is 0 Å². The van der Waals surface area contributed by atoms with E-state index in [2.05, 4.69) is 0 Å². The maximum absolute atomic E-state index is 8.52. The molecule has 0 saturated carbocycles. The van der Waals surface area contributed by atoms with Crippen LogP contribution in [0.15, 0.2) is 0 Å². The van der Waals surface area contributed by atoms with E-state index in [4.69, 9.17) is 35.0 Å². The molecule has 0 aliphatic carbocycles. The molecule has 10 nitrogen and oxygen atoms in total. The maximum atomic E-state index is 8.52. The average Bonchev–Trinajstić information content (AvgIpc) is 1.12. The summed E-state index contributed by atoms with van der Waals surface area (Å²) in [6, 6.07) is 0. The van der Waals surface area contributed by atoms with E-state index in [0.29, 0.717) is 0 Å². The molecule has 0 aromatic rings. The minimum Gasteiger partial charge on any atom is -0.759 e.